The van der Waals surface area contributed by atoms with Crippen molar-refractivity contribution in [3.63, 3.8) is 0 Å². The molecule has 0 radical (unpaired) electrons. The van der Waals surface area contributed by atoms with Crippen molar-refractivity contribution >= 4 is 0 Å². The van der Waals surface area contributed by atoms with Crippen molar-refractivity contribution in [1.82, 2.24) is 19.9 Å². The Morgan fingerprint density at radius 1 is 1.21 bits per heavy atom. The maximum atomic E-state index is 5.44. The van der Waals surface area contributed by atoms with Crippen LogP contribution in [0.2, 0.25) is 0 Å². The summed E-state index contributed by atoms with van der Waals surface area (Å²) >= 11 is 0. The van der Waals surface area contributed by atoms with Gasteiger partial charge in [-0.3, -0.25) is 0 Å². The molecule has 0 atom stereocenters. The first-order valence-corrected chi connectivity index (χ1v) is 5.92. The molecule has 0 aliphatic rings. The normalized spacial score (nSPS) is 10.8. The van der Waals surface area contributed by atoms with Crippen molar-refractivity contribution in [2.24, 2.45) is 5.73 Å². The lowest BCUT2D eigenvalue weighted by atomic mass is 10.2. The SMILES string of the molecule is Cc1ccnn1-c1ccc(-c2noc(CN)n2)cc1. The van der Waals surface area contributed by atoms with Crippen molar-refractivity contribution < 1.29 is 4.52 Å². The largest absolute Gasteiger partial charge is 0.338 e. The molecule has 2 aromatic heterocycles. The van der Waals surface area contributed by atoms with Crippen LogP contribution < -0.4 is 5.73 Å². The molecule has 0 aliphatic carbocycles. The van der Waals surface area contributed by atoms with Gasteiger partial charge in [0.25, 0.3) is 0 Å². The molecule has 1 aromatic carbocycles. The summed E-state index contributed by atoms with van der Waals surface area (Å²) in [5.74, 6) is 0.978. The molecule has 0 aliphatic heterocycles. The van der Waals surface area contributed by atoms with Gasteiger partial charge >= 0.3 is 0 Å². The van der Waals surface area contributed by atoms with E-state index >= 15 is 0 Å². The lowest BCUT2D eigenvalue weighted by Crippen LogP contribution is -1.98. The zero-order valence-corrected chi connectivity index (χ0v) is 10.4. The fourth-order valence-corrected chi connectivity index (χ4v) is 1.85. The summed E-state index contributed by atoms with van der Waals surface area (Å²) in [5.41, 5.74) is 8.40. The quantitative estimate of drug-likeness (QED) is 0.770. The minimum absolute atomic E-state index is 0.248. The monoisotopic (exact) mass is 255 g/mol. The zero-order chi connectivity index (χ0) is 13.2. The lowest BCUT2D eigenvalue weighted by Gasteiger charge is -2.04. The standard InChI is InChI=1S/C13H13N5O/c1-9-6-7-15-18(9)11-4-2-10(3-5-11)13-16-12(8-14)19-17-13/h2-7H,8,14H2,1H3. The lowest BCUT2D eigenvalue weighted by molar-refractivity contribution is 0.380. The van der Waals surface area contributed by atoms with Crippen molar-refractivity contribution in [2.75, 3.05) is 0 Å². The molecule has 0 bridgehead atoms. The Balaban J connectivity index is 1.92. The van der Waals surface area contributed by atoms with Crippen LogP contribution in [0.4, 0.5) is 0 Å². The van der Waals surface area contributed by atoms with Crippen LogP contribution in [-0.2, 0) is 6.54 Å². The molecule has 0 saturated carbocycles. The first-order valence-electron chi connectivity index (χ1n) is 5.92. The van der Waals surface area contributed by atoms with E-state index in [0.29, 0.717) is 11.7 Å². The average molecular weight is 255 g/mol. The third kappa shape index (κ3) is 2.13. The Labute approximate surface area is 109 Å². The van der Waals surface area contributed by atoms with Crippen molar-refractivity contribution in [3.8, 4) is 17.1 Å². The summed E-state index contributed by atoms with van der Waals surface area (Å²) in [5, 5.41) is 8.13. The fraction of sp³-hybridized carbons (Fsp3) is 0.154. The number of nitrogens with zero attached hydrogens (tertiary/aromatic N) is 4. The second-order valence-corrected chi connectivity index (χ2v) is 4.15. The van der Waals surface area contributed by atoms with Crippen LogP contribution in [0.25, 0.3) is 17.1 Å². The smallest absolute Gasteiger partial charge is 0.240 e. The van der Waals surface area contributed by atoms with Gasteiger partial charge in [0, 0.05) is 17.5 Å². The van der Waals surface area contributed by atoms with Crippen LogP contribution in [-0.4, -0.2) is 19.9 Å². The van der Waals surface area contributed by atoms with Crippen LogP contribution in [0.1, 0.15) is 11.6 Å². The minimum Gasteiger partial charge on any atom is -0.338 e. The highest BCUT2D eigenvalue weighted by Gasteiger charge is 2.08. The van der Waals surface area contributed by atoms with Gasteiger partial charge in [0.05, 0.1) is 12.2 Å². The van der Waals surface area contributed by atoms with Crippen molar-refractivity contribution in [2.45, 2.75) is 13.5 Å². The highest BCUT2D eigenvalue weighted by molar-refractivity contribution is 5.56. The van der Waals surface area contributed by atoms with Gasteiger partial charge in [0.1, 0.15) is 0 Å². The van der Waals surface area contributed by atoms with Gasteiger partial charge in [-0.15, -0.1) is 0 Å². The van der Waals surface area contributed by atoms with E-state index in [1.165, 1.54) is 0 Å². The highest BCUT2D eigenvalue weighted by atomic mass is 16.5. The molecule has 2 N–H and O–H groups in total. The molecule has 3 rings (SSSR count). The number of hydrogen-bond acceptors (Lipinski definition) is 5. The summed E-state index contributed by atoms with van der Waals surface area (Å²) in [4.78, 5) is 4.18. The van der Waals surface area contributed by atoms with Crippen LogP contribution in [0.15, 0.2) is 41.1 Å². The number of aromatic nitrogens is 4. The Morgan fingerprint density at radius 2 is 2.00 bits per heavy atom. The molecule has 19 heavy (non-hydrogen) atoms. The van der Waals surface area contributed by atoms with Gasteiger partial charge in [0.15, 0.2) is 0 Å². The second-order valence-electron chi connectivity index (χ2n) is 4.15. The van der Waals surface area contributed by atoms with E-state index in [1.807, 2.05) is 41.9 Å². The van der Waals surface area contributed by atoms with Gasteiger partial charge < -0.3 is 10.3 Å². The molecule has 96 valence electrons. The predicted molar refractivity (Wildman–Crippen MR) is 69.5 cm³/mol. The third-order valence-corrected chi connectivity index (χ3v) is 2.84. The number of rotatable bonds is 3. The van der Waals surface area contributed by atoms with Gasteiger partial charge in [0.2, 0.25) is 11.7 Å². The molecule has 0 saturated heterocycles. The summed E-state index contributed by atoms with van der Waals surface area (Å²) in [6.07, 6.45) is 1.77. The molecule has 0 unspecified atom stereocenters. The average Bonchev–Trinajstić information content (AvgIpc) is 3.07. The number of aryl methyl sites for hydroxylation is 1. The Kier molecular flexibility index (Phi) is 2.85. The molecule has 3 aromatic rings. The molecular weight excluding hydrogens is 242 g/mol. The number of benzene rings is 1. The van der Waals surface area contributed by atoms with E-state index in [1.54, 1.807) is 6.20 Å². The van der Waals surface area contributed by atoms with Crippen LogP contribution in [0, 0.1) is 6.92 Å². The number of hydrogen-bond donors (Lipinski definition) is 1. The first-order chi connectivity index (χ1) is 9.28. The Morgan fingerprint density at radius 3 is 2.58 bits per heavy atom. The minimum atomic E-state index is 0.248. The molecule has 0 fully saturated rings. The third-order valence-electron chi connectivity index (χ3n) is 2.84. The van der Waals surface area contributed by atoms with E-state index in [2.05, 4.69) is 15.2 Å². The van der Waals surface area contributed by atoms with E-state index in [9.17, 15) is 0 Å². The molecule has 0 spiro atoms. The van der Waals surface area contributed by atoms with Gasteiger partial charge in [-0.1, -0.05) is 5.16 Å². The Hall–Kier alpha value is -2.47. The molecule has 2 heterocycles. The van der Waals surface area contributed by atoms with Gasteiger partial charge in [-0.25, -0.2) is 4.68 Å². The van der Waals surface area contributed by atoms with Gasteiger partial charge in [-0.2, -0.15) is 10.1 Å². The fourth-order valence-electron chi connectivity index (χ4n) is 1.85. The van der Waals surface area contributed by atoms with Crippen LogP contribution in [0.5, 0.6) is 0 Å². The highest BCUT2D eigenvalue weighted by Crippen LogP contribution is 2.18. The van der Waals surface area contributed by atoms with Crippen molar-refractivity contribution in [3.05, 3.63) is 48.1 Å². The van der Waals surface area contributed by atoms with Crippen LogP contribution in [0.3, 0.4) is 0 Å². The maximum Gasteiger partial charge on any atom is 0.240 e. The predicted octanol–water partition coefficient (Wildman–Crippen LogP) is 1.69. The second kappa shape index (κ2) is 4.66. The van der Waals surface area contributed by atoms with E-state index in [4.69, 9.17) is 10.3 Å². The summed E-state index contributed by atoms with van der Waals surface area (Å²) in [6, 6.07) is 9.76. The van der Waals surface area contributed by atoms with E-state index in [-0.39, 0.29) is 6.54 Å². The topological polar surface area (TPSA) is 82.8 Å². The molecular formula is C13H13N5O. The summed E-state index contributed by atoms with van der Waals surface area (Å²) in [6.45, 7) is 2.26. The van der Waals surface area contributed by atoms with E-state index in [0.717, 1.165) is 16.9 Å². The van der Waals surface area contributed by atoms with Crippen LogP contribution >= 0.6 is 0 Å². The first kappa shape index (κ1) is 11.6. The zero-order valence-electron chi connectivity index (χ0n) is 10.4. The maximum absolute atomic E-state index is 5.44. The van der Waals surface area contributed by atoms with E-state index < -0.39 is 0 Å². The summed E-state index contributed by atoms with van der Waals surface area (Å²) in [7, 11) is 0. The van der Waals surface area contributed by atoms with Gasteiger partial charge in [-0.05, 0) is 37.3 Å². The summed E-state index contributed by atoms with van der Waals surface area (Å²) < 4.78 is 6.85. The molecule has 0 amide bonds. The molecule has 6 nitrogen and oxygen atoms in total. The van der Waals surface area contributed by atoms with Crippen molar-refractivity contribution in [1.29, 1.82) is 0 Å². The Bertz CT molecular complexity index is 683. The molecule has 6 heteroatoms. The number of nitrogens with two attached hydrogens (primary N) is 1.